The van der Waals surface area contributed by atoms with E-state index in [2.05, 4.69) is 15.0 Å². The Bertz CT molecular complexity index is 625. The molecule has 0 bridgehead atoms. The second kappa shape index (κ2) is 5.18. The van der Waals surface area contributed by atoms with Gasteiger partial charge in [-0.2, -0.15) is 0 Å². The summed E-state index contributed by atoms with van der Waals surface area (Å²) in [5, 5.41) is -0.0693. The fraction of sp³-hybridized carbons (Fsp3) is 0.250. The number of hydrogen-bond acceptors (Lipinski definition) is 4. The maximum atomic E-state index is 11.3. The van der Waals surface area contributed by atoms with Gasteiger partial charge in [0.25, 0.3) is 5.56 Å². The molecular weight excluding hydrogens is 254 g/mol. The minimum atomic E-state index is -0.431. The Morgan fingerprint density at radius 3 is 2.94 bits per heavy atom. The fourth-order valence-electron chi connectivity index (χ4n) is 1.49. The quantitative estimate of drug-likeness (QED) is 0.926. The predicted molar refractivity (Wildman–Crippen MR) is 68.3 cm³/mol. The third-order valence-corrected chi connectivity index (χ3v) is 2.71. The van der Waals surface area contributed by atoms with Crippen molar-refractivity contribution in [2.75, 3.05) is 0 Å². The molecule has 94 valence electrons. The van der Waals surface area contributed by atoms with Gasteiger partial charge in [-0.1, -0.05) is 18.5 Å². The van der Waals surface area contributed by atoms with E-state index < -0.39 is 5.56 Å². The molecule has 2 aromatic rings. The van der Waals surface area contributed by atoms with Crippen LogP contribution in [0.15, 0.2) is 23.3 Å². The third-order valence-electron chi connectivity index (χ3n) is 2.38. The van der Waals surface area contributed by atoms with Crippen molar-refractivity contribution in [2.45, 2.75) is 20.3 Å². The van der Waals surface area contributed by atoms with Gasteiger partial charge in [0, 0.05) is 5.69 Å². The van der Waals surface area contributed by atoms with Crippen LogP contribution >= 0.6 is 11.6 Å². The third kappa shape index (κ3) is 2.51. The van der Waals surface area contributed by atoms with Crippen LogP contribution in [0.3, 0.4) is 0 Å². The number of H-pyrrole nitrogens is 1. The van der Waals surface area contributed by atoms with E-state index in [-0.39, 0.29) is 10.9 Å². The van der Waals surface area contributed by atoms with Crippen LogP contribution in [-0.2, 0) is 6.42 Å². The van der Waals surface area contributed by atoms with Crippen molar-refractivity contribution < 1.29 is 4.74 Å². The van der Waals surface area contributed by atoms with Crippen LogP contribution in [0.25, 0.3) is 0 Å². The first-order valence-electron chi connectivity index (χ1n) is 5.49. The molecule has 0 radical (unpaired) electrons. The lowest BCUT2D eigenvalue weighted by molar-refractivity contribution is 0.452. The number of ether oxygens (including phenoxy) is 1. The lowest BCUT2D eigenvalue weighted by Gasteiger charge is -2.09. The summed E-state index contributed by atoms with van der Waals surface area (Å²) in [5.74, 6) is 0.642. The number of hydrogen-bond donors (Lipinski definition) is 1. The SMILES string of the molecule is CCc1nc(C)ccc1Oc1nc[nH]c(=O)c1Cl. The summed E-state index contributed by atoms with van der Waals surface area (Å²) in [5.41, 5.74) is 1.28. The molecule has 0 spiro atoms. The van der Waals surface area contributed by atoms with Gasteiger partial charge in [0.15, 0.2) is 10.8 Å². The van der Waals surface area contributed by atoms with Gasteiger partial charge in [-0.15, -0.1) is 0 Å². The van der Waals surface area contributed by atoms with Gasteiger partial charge in [-0.3, -0.25) is 9.78 Å². The summed E-state index contributed by atoms with van der Waals surface area (Å²) >= 11 is 5.82. The molecule has 2 rings (SSSR count). The second-order valence-corrected chi connectivity index (χ2v) is 4.08. The highest BCUT2D eigenvalue weighted by Gasteiger charge is 2.11. The average molecular weight is 266 g/mol. The van der Waals surface area contributed by atoms with E-state index in [0.717, 1.165) is 17.8 Å². The molecule has 0 unspecified atom stereocenters. The minimum Gasteiger partial charge on any atom is -0.435 e. The Kier molecular flexibility index (Phi) is 3.62. The Balaban J connectivity index is 2.40. The summed E-state index contributed by atoms with van der Waals surface area (Å²) in [6, 6.07) is 3.62. The highest BCUT2D eigenvalue weighted by Crippen LogP contribution is 2.26. The molecule has 1 N–H and O–H groups in total. The lowest BCUT2D eigenvalue weighted by Crippen LogP contribution is -2.08. The first-order chi connectivity index (χ1) is 8.61. The fourth-order valence-corrected chi connectivity index (χ4v) is 1.63. The largest absolute Gasteiger partial charge is 0.435 e. The van der Waals surface area contributed by atoms with Crippen molar-refractivity contribution in [2.24, 2.45) is 0 Å². The number of nitrogens with one attached hydrogen (secondary N) is 1. The van der Waals surface area contributed by atoms with Crippen LogP contribution in [0.2, 0.25) is 5.02 Å². The van der Waals surface area contributed by atoms with Crippen molar-refractivity contribution in [1.82, 2.24) is 15.0 Å². The molecule has 0 saturated heterocycles. The summed E-state index contributed by atoms with van der Waals surface area (Å²) in [4.78, 5) is 21.9. The van der Waals surface area contributed by atoms with Gasteiger partial charge in [0.2, 0.25) is 5.88 Å². The zero-order valence-corrected chi connectivity index (χ0v) is 10.8. The van der Waals surface area contributed by atoms with Gasteiger partial charge in [-0.05, 0) is 25.5 Å². The van der Waals surface area contributed by atoms with E-state index in [1.165, 1.54) is 6.33 Å². The van der Waals surface area contributed by atoms with Crippen LogP contribution in [-0.4, -0.2) is 15.0 Å². The van der Waals surface area contributed by atoms with Gasteiger partial charge in [0.1, 0.15) is 0 Å². The number of nitrogens with zero attached hydrogens (tertiary/aromatic N) is 2. The molecule has 18 heavy (non-hydrogen) atoms. The number of aromatic nitrogens is 3. The van der Waals surface area contributed by atoms with E-state index in [1.807, 2.05) is 19.9 Å². The van der Waals surface area contributed by atoms with Crippen LogP contribution in [0.1, 0.15) is 18.3 Å². The van der Waals surface area contributed by atoms with Gasteiger partial charge < -0.3 is 9.72 Å². The lowest BCUT2D eigenvalue weighted by atomic mass is 10.2. The van der Waals surface area contributed by atoms with Crippen molar-refractivity contribution in [3.63, 3.8) is 0 Å². The zero-order valence-electron chi connectivity index (χ0n) is 10.0. The maximum absolute atomic E-state index is 11.3. The van der Waals surface area contributed by atoms with Crippen LogP contribution in [0.5, 0.6) is 11.6 Å². The summed E-state index contributed by atoms with van der Waals surface area (Å²) < 4.78 is 5.54. The van der Waals surface area contributed by atoms with E-state index in [1.54, 1.807) is 6.07 Å². The molecule has 0 fully saturated rings. The topological polar surface area (TPSA) is 67.9 Å². The van der Waals surface area contributed by atoms with Crippen molar-refractivity contribution in [1.29, 1.82) is 0 Å². The maximum Gasteiger partial charge on any atom is 0.273 e. The average Bonchev–Trinajstić information content (AvgIpc) is 2.37. The number of halogens is 1. The number of rotatable bonds is 3. The zero-order chi connectivity index (χ0) is 13.1. The highest BCUT2D eigenvalue weighted by molar-refractivity contribution is 6.31. The molecule has 0 aromatic carbocycles. The Morgan fingerprint density at radius 2 is 2.22 bits per heavy atom. The molecule has 0 aliphatic rings. The molecule has 0 atom stereocenters. The van der Waals surface area contributed by atoms with Crippen LogP contribution < -0.4 is 10.3 Å². The smallest absolute Gasteiger partial charge is 0.273 e. The van der Waals surface area contributed by atoms with Gasteiger partial charge >= 0.3 is 0 Å². The van der Waals surface area contributed by atoms with E-state index in [0.29, 0.717) is 5.75 Å². The molecule has 0 saturated carbocycles. The summed E-state index contributed by atoms with van der Waals surface area (Å²) in [6.45, 7) is 3.88. The van der Waals surface area contributed by atoms with E-state index >= 15 is 0 Å². The Hall–Kier alpha value is -1.88. The second-order valence-electron chi connectivity index (χ2n) is 3.70. The molecule has 2 heterocycles. The van der Waals surface area contributed by atoms with Crippen LogP contribution in [0.4, 0.5) is 0 Å². The number of aromatic amines is 1. The van der Waals surface area contributed by atoms with Crippen LogP contribution in [0, 0.1) is 6.92 Å². The number of aryl methyl sites for hydroxylation is 2. The molecule has 5 nitrogen and oxygen atoms in total. The molecule has 0 amide bonds. The number of pyridine rings is 1. The first kappa shape index (κ1) is 12.6. The van der Waals surface area contributed by atoms with Gasteiger partial charge in [0.05, 0.1) is 12.0 Å². The van der Waals surface area contributed by atoms with Gasteiger partial charge in [-0.25, -0.2) is 4.98 Å². The summed E-state index contributed by atoms with van der Waals surface area (Å²) in [7, 11) is 0. The Labute approximate surface area is 109 Å². The Morgan fingerprint density at radius 1 is 1.44 bits per heavy atom. The highest BCUT2D eigenvalue weighted by atomic mass is 35.5. The molecule has 2 aromatic heterocycles. The molecule has 6 heteroatoms. The van der Waals surface area contributed by atoms with Crippen molar-refractivity contribution >= 4 is 11.6 Å². The monoisotopic (exact) mass is 265 g/mol. The minimum absolute atomic E-state index is 0.0693. The normalized spacial score (nSPS) is 10.4. The molecule has 0 aliphatic heterocycles. The summed E-state index contributed by atoms with van der Waals surface area (Å²) in [6.07, 6.45) is 1.97. The van der Waals surface area contributed by atoms with Crippen molar-refractivity contribution in [3.05, 3.63) is 45.2 Å². The predicted octanol–water partition coefficient (Wildman–Crippen LogP) is 2.48. The standard InChI is InChI=1S/C12H12ClN3O2/c1-3-8-9(5-4-7(2)16-8)18-12-10(13)11(17)14-6-15-12/h4-6H,3H2,1-2H3,(H,14,15,17). The van der Waals surface area contributed by atoms with Crippen molar-refractivity contribution in [3.8, 4) is 11.6 Å². The first-order valence-corrected chi connectivity index (χ1v) is 5.87. The van der Waals surface area contributed by atoms with E-state index in [4.69, 9.17) is 16.3 Å². The molecule has 0 aliphatic carbocycles. The van der Waals surface area contributed by atoms with E-state index in [9.17, 15) is 4.79 Å². The molecular formula is C12H12ClN3O2.